The summed E-state index contributed by atoms with van der Waals surface area (Å²) in [5.74, 6) is 7.61. The Kier molecular flexibility index (Phi) is 6.20. The summed E-state index contributed by atoms with van der Waals surface area (Å²) < 4.78 is 6.59. The van der Waals surface area contributed by atoms with Crippen molar-refractivity contribution in [3.8, 4) is 5.75 Å². The fraction of sp³-hybridized carbons (Fsp3) is 0.250. The number of aromatic nitrogens is 3. The van der Waals surface area contributed by atoms with Crippen LogP contribution in [-0.4, -0.2) is 33.6 Å². The third-order valence-corrected chi connectivity index (χ3v) is 5.20. The number of nitrogens with zero attached hydrogens (tertiary/aromatic N) is 3. The number of nitrogens with one attached hydrogen (secondary N) is 1. The monoisotopic (exact) mass is 397 g/mol. The summed E-state index contributed by atoms with van der Waals surface area (Å²) in [5.41, 5.74) is 3.98. The number of hydrogen-bond donors (Lipinski definition) is 2. The van der Waals surface area contributed by atoms with Gasteiger partial charge in [0, 0.05) is 12.1 Å². The lowest BCUT2D eigenvalue weighted by atomic mass is 10.1. The molecule has 0 aliphatic carbocycles. The zero-order chi connectivity index (χ0) is 20.1. The van der Waals surface area contributed by atoms with Crippen LogP contribution in [0.3, 0.4) is 0 Å². The number of rotatable bonds is 7. The van der Waals surface area contributed by atoms with Gasteiger partial charge in [0.25, 0.3) is 0 Å². The Balaban J connectivity index is 1.59. The standard InChI is InChI=1S/C20H23N5O2S/c1-13-4-5-14(2)17(10-13)22-19(26)12-28-20-24-23-18(25(20)21)11-15-6-8-16(27-3)9-7-15/h4-10H,11-12,21H2,1-3H3,(H,22,26). The molecular formula is C20H23N5O2S. The zero-order valence-electron chi connectivity index (χ0n) is 16.1. The molecule has 3 aromatic rings. The van der Waals surface area contributed by atoms with Crippen molar-refractivity contribution in [1.29, 1.82) is 0 Å². The summed E-state index contributed by atoms with van der Waals surface area (Å²) in [6.07, 6.45) is 0.544. The molecule has 0 saturated carbocycles. The SMILES string of the molecule is COc1ccc(Cc2nnc(SCC(=O)Nc3cc(C)ccc3C)n2N)cc1. The van der Waals surface area contributed by atoms with E-state index in [0.29, 0.717) is 17.4 Å². The van der Waals surface area contributed by atoms with E-state index < -0.39 is 0 Å². The third kappa shape index (κ3) is 4.83. The van der Waals surface area contributed by atoms with Crippen LogP contribution in [0.2, 0.25) is 0 Å². The summed E-state index contributed by atoms with van der Waals surface area (Å²) in [6.45, 7) is 3.95. The molecule has 0 atom stereocenters. The van der Waals surface area contributed by atoms with Gasteiger partial charge in [0.05, 0.1) is 12.9 Å². The van der Waals surface area contributed by atoms with Crippen LogP contribution >= 0.6 is 11.8 Å². The Morgan fingerprint density at radius 3 is 2.64 bits per heavy atom. The molecule has 8 heteroatoms. The lowest BCUT2D eigenvalue weighted by Crippen LogP contribution is -2.17. The van der Waals surface area contributed by atoms with Gasteiger partial charge in [-0.15, -0.1) is 10.2 Å². The predicted octanol–water partition coefficient (Wildman–Crippen LogP) is 2.94. The first-order valence-corrected chi connectivity index (χ1v) is 9.77. The molecule has 1 amide bonds. The minimum Gasteiger partial charge on any atom is -0.497 e. The average Bonchev–Trinajstić information content (AvgIpc) is 3.03. The number of hydrogen-bond acceptors (Lipinski definition) is 6. The highest BCUT2D eigenvalue weighted by molar-refractivity contribution is 7.99. The normalized spacial score (nSPS) is 10.7. The number of carbonyl (C=O) groups is 1. The van der Waals surface area contributed by atoms with Crippen molar-refractivity contribution < 1.29 is 9.53 Å². The molecule has 146 valence electrons. The van der Waals surface area contributed by atoms with Crippen LogP contribution in [0, 0.1) is 13.8 Å². The fourth-order valence-corrected chi connectivity index (χ4v) is 3.31. The molecule has 0 bridgehead atoms. The molecular weight excluding hydrogens is 374 g/mol. The molecule has 7 nitrogen and oxygen atoms in total. The van der Waals surface area contributed by atoms with Gasteiger partial charge in [0.1, 0.15) is 5.75 Å². The van der Waals surface area contributed by atoms with Gasteiger partial charge in [-0.25, -0.2) is 4.68 Å². The molecule has 0 aliphatic heterocycles. The smallest absolute Gasteiger partial charge is 0.234 e. The van der Waals surface area contributed by atoms with Crippen LogP contribution < -0.4 is 15.9 Å². The van der Waals surface area contributed by atoms with E-state index in [4.69, 9.17) is 10.6 Å². The molecule has 0 aliphatic rings. The van der Waals surface area contributed by atoms with Gasteiger partial charge in [-0.3, -0.25) is 4.79 Å². The van der Waals surface area contributed by atoms with Crippen LogP contribution in [0.4, 0.5) is 5.69 Å². The first kappa shape index (κ1) is 19.8. The lowest BCUT2D eigenvalue weighted by Gasteiger charge is -2.09. The fourth-order valence-electron chi connectivity index (χ4n) is 2.64. The molecule has 1 aromatic heterocycles. The third-order valence-electron chi connectivity index (χ3n) is 4.26. The van der Waals surface area contributed by atoms with Gasteiger partial charge in [0.15, 0.2) is 5.82 Å². The van der Waals surface area contributed by atoms with E-state index in [2.05, 4.69) is 15.5 Å². The van der Waals surface area contributed by atoms with Crippen LogP contribution in [0.15, 0.2) is 47.6 Å². The molecule has 1 heterocycles. The number of carbonyl (C=O) groups excluding carboxylic acids is 1. The lowest BCUT2D eigenvalue weighted by molar-refractivity contribution is -0.113. The van der Waals surface area contributed by atoms with Crippen LogP contribution in [0.1, 0.15) is 22.5 Å². The minimum atomic E-state index is -0.113. The van der Waals surface area contributed by atoms with Crippen molar-refractivity contribution >= 4 is 23.4 Å². The Morgan fingerprint density at radius 1 is 1.18 bits per heavy atom. The minimum absolute atomic E-state index is 0.113. The Morgan fingerprint density at radius 2 is 1.93 bits per heavy atom. The summed E-state index contributed by atoms with van der Waals surface area (Å²) in [4.78, 5) is 12.3. The number of nitrogen functional groups attached to an aromatic ring is 1. The van der Waals surface area contributed by atoms with Crippen LogP contribution in [-0.2, 0) is 11.2 Å². The number of anilines is 1. The van der Waals surface area contributed by atoms with Gasteiger partial charge in [-0.2, -0.15) is 0 Å². The second-order valence-corrected chi connectivity index (χ2v) is 7.39. The highest BCUT2D eigenvalue weighted by Crippen LogP contribution is 2.20. The highest BCUT2D eigenvalue weighted by atomic mass is 32.2. The summed E-state index contributed by atoms with van der Waals surface area (Å²) in [7, 11) is 1.63. The van der Waals surface area contributed by atoms with Gasteiger partial charge < -0.3 is 15.9 Å². The summed E-state index contributed by atoms with van der Waals surface area (Å²) in [5, 5.41) is 11.7. The number of nitrogens with two attached hydrogens (primary N) is 1. The topological polar surface area (TPSA) is 95.1 Å². The second kappa shape index (κ2) is 8.79. The van der Waals surface area contributed by atoms with E-state index in [1.807, 2.05) is 56.3 Å². The van der Waals surface area contributed by atoms with E-state index in [-0.39, 0.29) is 11.7 Å². The highest BCUT2D eigenvalue weighted by Gasteiger charge is 2.13. The van der Waals surface area contributed by atoms with Crippen molar-refractivity contribution in [2.45, 2.75) is 25.4 Å². The average molecular weight is 398 g/mol. The van der Waals surface area contributed by atoms with E-state index in [1.165, 1.54) is 16.4 Å². The van der Waals surface area contributed by atoms with Crippen molar-refractivity contribution in [3.63, 3.8) is 0 Å². The molecule has 28 heavy (non-hydrogen) atoms. The number of thioether (sulfide) groups is 1. The molecule has 3 rings (SSSR count). The quantitative estimate of drug-likeness (QED) is 0.470. The van der Waals surface area contributed by atoms with Crippen molar-refractivity contribution in [2.24, 2.45) is 0 Å². The Bertz CT molecular complexity index is 969. The van der Waals surface area contributed by atoms with Gasteiger partial charge >= 0.3 is 0 Å². The van der Waals surface area contributed by atoms with Crippen molar-refractivity contribution in [1.82, 2.24) is 14.9 Å². The van der Waals surface area contributed by atoms with Gasteiger partial charge in [-0.05, 0) is 48.7 Å². The zero-order valence-corrected chi connectivity index (χ0v) is 16.9. The molecule has 0 saturated heterocycles. The van der Waals surface area contributed by atoms with Crippen molar-refractivity contribution in [3.05, 3.63) is 65.0 Å². The van der Waals surface area contributed by atoms with Crippen LogP contribution in [0.5, 0.6) is 5.75 Å². The number of ether oxygens (including phenoxy) is 1. The van der Waals surface area contributed by atoms with Gasteiger partial charge in [0.2, 0.25) is 11.1 Å². The maximum atomic E-state index is 12.3. The number of aryl methyl sites for hydroxylation is 2. The number of benzene rings is 2. The molecule has 0 unspecified atom stereocenters. The van der Waals surface area contributed by atoms with E-state index in [1.54, 1.807) is 7.11 Å². The molecule has 2 aromatic carbocycles. The molecule has 0 spiro atoms. The Hall–Kier alpha value is -3.00. The molecule has 3 N–H and O–H groups in total. The Labute approximate surface area is 168 Å². The first-order chi connectivity index (χ1) is 13.5. The van der Waals surface area contributed by atoms with E-state index >= 15 is 0 Å². The van der Waals surface area contributed by atoms with Crippen LogP contribution in [0.25, 0.3) is 0 Å². The predicted molar refractivity (Wildman–Crippen MR) is 111 cm³/mol. The summed E-state index contributed by atoms with van der Waals surface area (Å²) in [6, 6.07) is 13.6. The van der Waals surface area contributed by atoms with Gasteiger partial charge in [-0.1, -0.05) is 36.0 Å². The first-order valence-electron chi connectivity index (χ1n) is 8.78. The van der Waals surface area contributed by atoms with E-state index in [9.17, 15) is 4.79 Å². The second-order valence-electron chi connectivity index (χ2n) is 6.45. The maximum absolute atomic E-state index is 12.3. The summed E-state index contributed by atoms with van der Waals surface area (Å²) >= 11 is 1.25. The molecule has 0 radical (unpaired) electrons. The molecule has 0 fully saturated rings. The van der Waals surface area contributed by atoms with Crippen molar-refractivity contribution in [2.75, 3.05) is 24.0 Å². The van der Waals surface area contributed by atoms with E-state index in [0.717, 1.165) is 28.1 Å². The largest absolute Gasteiger partial charge is 0.497 e. The number of methoxy groups -OCH3 is 1. The number of amides is 1. The maximum Gasteiger partial charge on any atom is 0.234 e.